The average molecular weight is 320 g/mol. The van der Waals surface area contributed by atoms with Crippen molar-refractivity contribution in [2.75, 3.05) is 37.8 Å². The van der Waals surface area contributed by atoms with Crippen molar-refractivity contribution in [1.82, 2.24) is 14.9 Å². The van der Waals surface area contributed by atoms with E-state index < -0.39 is 0 Å². The highest BCUT2D eigenvalue weighted by molar-refractivity contribution is 7.98. The van der Waals surface area contributed by atoms with Crippen molar-refractivity contribution in [2.24, 2.45) is 11.8 Å². The summed E-state index contributed by atoms with van der Waals surface area (Å²) in [5.74, 6) is 2.32. The van der Waals surface area contributed by atoms with Crippen LogP contribution in [0.5, 0.6) is 0 Å². The van der Waals surface area contributed by atoms with Crippen LogP contribution in [0.2, 0.25) is 0 Å². The molecule has 1 saturated carbocycles. The van der Waals surface area contributed by atoms with Gasteiger partial charge in [-0.25, -0.2) is 9.97 Å². The molecule has 1 aromatic rings. The van der Waals surface area contributed by atoms with Gasteiger partial charge in [-0.2, -0.15) is 0 Å². The number of anilines is 1. The van der Waals surface area contributed by atoms with Crippen LogP contribution < -0.4 is 4.90 Å². The van der Waals surface area contributed by atoms with Gasteiger partial charge in [0.15, 0.2) is 5.16 Å². The van der Waals surface area contributed by atoms with E-state index in [0.717, 1.165) is 56.3 Å². The van der Waals surface area contributed by atoms with Crippen LogP contribution >= 0.6 is 11.8 Å². The average Bonchev–Trinajstić information content (AvgIpc) is 3.40. The molecule has 120 valence electrons. The topological polar surface area (TPSA) is 49.3 Å². The molecule has 0 spiro atoms. The van der Waals surface area contributed by atoms with Crippen LogP contribution in [0.1, 0.15) is 25.7 Å². The molecule has 3 rings (SSSR count). The number of carbonyl (C=O) groups excluding carboxylic acids is 1. The van der Waals surface area contributed by atoms with Crippen molar-refractivity contribution in [3.63, 3.8) is 0 Å². The SMILES string of the molecule is CSc1nccc(N2CCC(CN(C)C(=O)C3CC3)CC2)n1. The lowest BCUT2D eigenvalue weighted by Gasteiger charge is -2.34. The summed E-state index contributed by atoms with van der Waals surface area (Å²) in [6.45, 7) is 2.94. The number of aromatic nitrogens is 2. The van der Waals surface area contributed by atoms with Crippen LogP contribution in [-0.4, -0.2) is 53.7 Å². The van der Waals surface area contributed by atoms with E-state index in [2.05, 4.69) is 14.9 Å². The van der Waals surface area contributed by atoms with E-state index in [1.54, 1.807) is 11.8 Å². The Labute approximate surface area is 136 Å². The Hall–Kier alpha value is -1.30. The number of carbonyl (C=O) groups is 1. The maximum absolute atomic E-state index is 12.0. The van der Waals surface area contributed by atoms with E-state index in [0.29, 0.717) is 17.7 Å². The third kappa shape index (κ3) is 3.72. The van der Waals surface area contributed by atoms with E-state index in [4.69, 9.17) is 0 Å². The van der Waals surface area contributed by atoms with Gasteiger partial charge < -0.3 is 9.80 Å². The van der Waals surface area contributed by atoms with Gasteiger partial charge in [0.25, 0.3) is 0 Å². The first kappa shape index (κ1) is 15.6. The van der Waals surface area contributed by atoms with Gasteiger partial charge in [-0.1, -0.05) is 11.8 Å². The van der Waals surface area contributed by atoms with Crippen molar-refractivity contribution in [3.05, 3.63) is 12.3 Å². The molecule has 1 aliphatic carbocycles. The standard InChI is InChI=1S/C16H24N4OS/c1-19(15(21)13-3-4-13)11-12-6-9-20(10-7-12)14-5-8-17-16(18-14)22-2/h5,8,12-13H,3-4,6-7,9-11H2,1-2H3. The lowest BCUT2D eigenvalue weighted by molar-refractivity contribution is -0.131. The van der Waals surface area contributed by atoms with Crippen molar-refractivity contribution in [1.29, 1.82) is 0 Å². The molecule has 0 aromatic carbocycles. The first-order valence-electron chi connectivity index (χ1n) is 8.04. The third-order valence-corrected chi connectivity index (χ3v) is 5.14. The summed E-state index contributed by atoms with van der Waals surface area (Å²) in [5, 5.41) is 0.828. The molecule has 0 bridgehead atoms. The largest absolute Gasteiger partial charge is 0.356 e. The van der Waals surface area contributed by atoms with E-state index >= 15 is 0 Å². The zero-order chi connectivity index (χ0) is 15.5. The van der Waals surface area contributed by atoms with Gasteiger partial charge in [0, 0.05) is 38.8 Å². The predicted octanol–water partition coefficient (Wildman–Crippen LogP) is 2.28. The van der Waals surface area contributed by atoms with E-state index in [1.807, 2.05) is 30.5 Å². The number of piperidine rings is 1. The van der Waals surface area contributed by atoms with Gasteiger partial charge in [0.05, 0.1) is 0 Å². The quantitative estimate of drug-likeness (QED) is 0.615. The summed E-state index contributed by atoms with van der Waals surface area (Å²) >= 11 is 1.57. The number of amides is 1. The highest BCUT2D eigenvalue weighted by Crippen LogP contribution is 2.31. The molecule has 1 aromatic heterocycles. The van der Waals surface area contributed by atoms with Crippen LogP contribution in [0.25, 0.3) is 0 Å². The minimum absolute atomic E-state index is 0.330. The minimum Gasteiger partial charge on any atom is -0.356 e. The fraction of sp³-hybridized carbons (Fsp3) is 0.688. The molecule has 2 aliphatic rings. The molecule has 1 amide bonds. The molecular weight excluding hydrogens is 296 g/mol. The first-order chi connectivity index (χ1) is 10.7. The lowest BCUT2D eigenvalue weighted by Crippen LogP contribution is -2.40. The summed E-state index contributed by atoms with van der Waals surface area (Å²) in [5.41, 5.74) is 0. The normalized spacial score (nSPS) is 19.3. The number of hydrogen-bond acceptors (Lipinski definition) is 5. The van der Waals surface area contributed by atoms with Gasteiger partial charge in [-0.15, -0.1) is 0 Å². The van der Waals surface area contributed by atoms with Crippen LogP contribution in [0.4, 0.5) is 5.82 Å². The molecule has 2 heterocycles. The van der Waals surface area contributed by atoms with Crippen LogP contribution in [0.15, 0.2) is 17.4 Å². The number of rotatable bonds is 5. The molecule has 2 fully saturated rings. The van der Waals surface area contributed by atoms with E-state index in [9.17, 15) is 4.79 Å². The number of hydrogen-bond donors (Lipinski definition) is 0. The molecular formula is C16H24N4OS. The second-order valence-electron chi connectivity index (χ2n) is 6.32. The molecule has 1 saturated heterocycles. The molecule has 5 nitrogen and oxygen atoms in total. The Balaban J connectivity index is 1.50. The van der Waals surface area contributed by atoms with E-state index in [1.165, 1.54) is 0 Å². The monoisotopic (exact) mass is 320 g/mol. The van der Waals surface area contributed by atoms with E-state index in [-0.39, 0.29) is 0 Å². The Morgan fingerprint density at radius 2 is 2.09 bits per heavy atom. The van der Waals surface area contributed by atoms with Crippen LogP contribution in [0, 0.1) is 11.8 Å². The Morgan fingerprint density at radius 1 is 1.36 bits per heavy atom. The van der Waals surface area contributed by atoms with Gasteiger partial charge >= 0.3 is 0 Å². The van der Waals surface area contributed by atoms with Crippen LogP contribution in [-0.2, 0) is 4.79 Å². The third-order valence-electron chi connectivity index (χ3n) is 4.57. The minimum atomic E-state index is 0.330. The molecule has 0 atom stereocenters. The second-order valence-corrected chi connectivity index (χ2v) is 7.10. The van der Waals surface area contributed by atoms with Gasteiger partial charge in [0.2, 0.25) is 5.91 Å². The van der Waals surface area contributed by atoms with Crippen LogP contribution in [0.3, 0.4) is 0 Å². The highest BCUT2D eigenvalue weighted by Gasteiger charge is 2.33. The summed E-state index contributed by atoms with van der Waals surface area (Å²) in [4.78, 5) is 25.1. The summed E-state index contributed by atoms with van der Waals surface area (Å²) in [6, 6.07) is 1.99. The zero-order valence-electron chi connectivity index (χ0n) is 13.4. The maximum Gasteiger partial charge on any atom is 0.225 e. The van der Waals surface area contributed by atoms with Gasteiger partial charge in [0.1, 0.15) is 5.82 Å². The fourth-order valence-electron chi connectivity index (χ4n) is 3.07. The van der Waals surface area contributed by atoms with Gasteiger partial charge in [-0.05, 0) is 43.9 Å². The molecule has 0 N–H and O–H groups in total. The Bertz CT molecular complexity index is 527. The maximum atomic E-state index is 12.0. The van der Waals surface area contributed by atoms with Crippen molar-refractivity contribution < 1.29 is 4.79 Å². The summed E-state index contributed by atoms with van der Waals surface area (Å²) in [6.07, 6.45) is 8.27. The Morgan fingerprint density at radius 3 is 2.73 bits per heavy atom. The smallest absolute Gasteiger partial charge is 0.225 e. The fourth-order valence-corrected chi connectivity index (χ4v) is 3.42. The van der Waals surface area contributed by atoms with Gasteiger partial charge in [-0.3, -0.25) is 4.79 Å². The Kier molecular flexibility index (Phi) is 4.86. The molecule has 0 unspecified atom stereocenters. The lowest BCUT2D eigenvalue weighted by atomic mass is 9.96. The van der Waals surface area contributed by atoms with Crippen molar-refractivity contribution in [2.45, 2.75) is 30.8 Å². The molecule has 22 heavy (non-hydrogen) atoms. The molecule has 1 aliphatic heterocycles. The molecule has 0 radical (unpaired) electrons. The van der Waals surface area contributed by atoms with Crippen molar-refractivity contribution in [3.8, 4) is 0 Å². The second kappa shape index (κ2) is 6.86. The highest BCUT2D eigenvalue weighted by atomic mass is 32.2. The molecule has 6 heteroatoms. The summed E-state index contributed by atoms with van der Waals surface area (Å²) < 4.78 is 0. The number of thioether (sulfide) groups is 1. The summed E-state index contributed by atoms with van der Waals surface area (Å²) in [7, 11) is 1.96. The first-order valence-corrected chi connectivity index (χ1v) is 9.27. The predicted molar refractivity (Wildman–Crippen MR) is 89.1 cm³/mol. The zero-order valence-corrected chi connectivity index (χ0v) is 14.2. The number of nitrogens with zero attached hydrogens (tertiary/aromatic N) is 4. The van der Waals surface area contributed by atoms with Crippen molar-refractivity contribution >= 4 is 23.5 Å².